The number of nitrogens with one attached hydrogen (secondary N) is 1. The normalized spacial score (nSPS) is 10.2. The molecule has 0 spiro atoms. The van der Waals surface area contributed by atoms with Gasteiger partial charge in [0.1, 0.15) is 0 Å². The second-order valence-electron chi connectivity index (χ2n) is 4.16. The standard InChI is InChI=1S/C13H14N4O2/c1-8-9(2)16-17-13(15-8)14-7-10-3-5-11(6-4-10)12(18)19/h3-6H,7H2,1-2H3,(H,18,19)(H,14,15,17). The second-order valence-corrected chi connectivity index (χ2v) is 4.16. The van der Waals surface area contributed by atoms with Crippen molar-refractivity contribution in [3.63, 3.8) is 0 Å². The largest absolute Gasteiger partial charge is 0.478 e. The highest BCUT2D eigenvalue weighted by Crippen LogP contribution is 2.07. The summed E-state index contributed by atoms with van der Waals surface area (Å²) in [5.74, 6) is -0.466. The molecule has 6 nitrogen and oxygen atoms in total. The van der Waals surface area contributed by atoms with Gasteiger partial charge in [0.2, 0.25) is 5.95 Å². The minimum Gasteiger partial charge on any atom is -0.478 e. The summed E-state index contributed by atoms with van der Waals surface area (Å²) < 4.78 is 0. The average molecular weight is 258 g/mol. The van der Waals surface area contributed by atoms with Gasteiger partial charge in [0.05, 0.1) is 17.0 Å². The first-order valence-electron chi connectivity index (χ1n) is 5.80. The van der Waals surface area contributed by atoms with Gasteiger partial charge in [0.15, 0.2) is 0 Å². The first-order valence-corrected chi connectivity index (χ1v) is 5.80. The summed E-state index contributed by atoms with van der Waals surface area (Å²) in [5.41, 5.74) is 2.86. The smallest absolute Gasteiger partial charge is 0.335 e. The number of carbonyl (C=O) groups is 1. The number of aryl methyl sites for hydroxylation is 2. The van der Waals surface area contributed by atoms with Crippen molar-refractivity contribution in [3.05, 3.63) is 46.8 Å². The molecular formula is C13H14N4O2. The van der Waals surface area contributed by atoms with Crippen molar-refractivity contribution < 1.29 is 9.90 Å². The zero-order valence-electron chi connectivity index (χ0n) is 10.7. The number of aromatic carboxylic acids is 1. The molecule has 0 unspecified atom stereocenters. The molecule has 0 saturated carbocycles. The Balaban J connectivity index is 2.01. The van der Waals surface area contributed by atoms with Crippen LogP contribution in [-0.2, 0) is 6.54 Å². The zero-order valence-corrected chi connectivity index (χ0v) is 10.7. The molecule has 1 aromatic heterocycles. The number of nitrogens with zero attached hydrogens (tertiary/aromatic N) is 3. The Morgan fingerprint density at radius 2 is 1.84 bits per heavy atom. The lowest BCUT2D eigenvalue weighted by Gasteiger charge is -2.06. The molecular weight excluding hydrogens is 244 g/mol. The van der Waals surface area contributed by atoms with E-state index in [4.69, 9.17) is 5.11 Å². The van der Waals surface area contributed by atoms with Crippen molar-refractivity contribution in [1.29, 1.82) is 0 Å². The van der Waals surface area contributed by atoms with E-state index in [1.54, 1.807) is 24.3 Å². The molecule has 0 fully saturated rings. The van der Waals surface area contributed by atoms with Gasteiger partial charge in [-0.05, 0) is 31.5 Å². The number of benzene rings is 1. The van der Waals surface area contributed by atoms with Crippen molar-refractivity contribution in [2.45, 2.75) is 20.4 Å². The van der Waals surface area contributed by atoms with Gasteiger partial charge < -0.3 is 10.4 Å². The lowest BCUT2D eigenvalue weighted by molar-refractivity contribution is 0.0697. The summed E-state index contributed by atoms with van der Waals surface area (Å²) in [4.78, 5) is 15.0. The summed E-state index contributed by atoms with van der Waals surface area (Å²) in [5, 5.41) is 19.8. The maximum absolute atomic E-state index is 10.7. The van der Waals surface area contributed by atoms with Crippen molar-refractivity contribution in [1.82, 2.24) is 15.2 Å². The van der Waals surface area contributed by atoms with E-state index >= 15 is 0 Å². The third kappa shape index (κ3) is 3.25. The fraction of sp³-hybridized carbons (Fsp3) is 0.231. The SMILES string of the molecule is Cc1nnc(NCc2ccc(C(=O)O)cc2)nc1C. The summed E-state index contributed by atoms with van der Waals surface area (Å²) in [6, 6.07) is 6.65. The van der Waals surface area contributed by atoms with Crippen LogP contribution in [0.3, 0.4) is 0 Å². The maximum atomic E-state index is 10.7. The van der Waals surface area contributed by atoms with E-state index in [0.717, 1.165) is 17.0 Å². The molecule has 2 rings (SSSR count). The number of hydrogen-bond donors (Lipinski definition) is 2. The van der Waals surface area contributed by atoms with Crippen LogP contribution in [0.25, 0.3) is 0 Å². The number of carboxylic acid groups (broad SMARTS) is 1. The molecule has 0 amide bonds. The molecule has 0 aliphatic carbocycles. The number of aromatic nitrogens is 3. The third-order valence-corrected chi connectivity index (χ3v) is 2.74. The van der Waals surface area contributed by atoms with Crippen molar-refractivity contribution in [2.24, 2.45) is 0 Å². The first-order chi connectivity index (χ1) is 9.06. The highest BCUT2D eigenvalue weighted by molar-refractivity contribution is 5.87. The van der Waals surface area contributed by atoms with Crippen molar-refractivity contribution in [3.8, 4) is 0 Å². The second kappa shape index (κ2) is 5.43. The van der Waals surface area contributed by atoms with Crippen LogP contribution in [-0.4, -0.2) is 26.3 Å². The van der Waals surface area contributed by atoms with Gasteiger partial charge in [-0.2, -0.15) is 5.10 Å². The van der Waals surface area contributed by atoms with Gasteiger partial charge in [-0.1, -0.05) is 12.1 Å². The molecule has 0 radical (unpaired) electrons. The van der Waals surface area contributed by atoms with Crippen molar-refractivity contribution in [2.75, 3.05) is 5.32 Å². The average Bonchev–Trinajstić information content (AvgIpc) is 2.40. The Kier molecular flexibility index (Phi) is 3.70. The predicted octanol–water partition coefficient (Wildman–Crippen LogP) is 1.80. The Bertz CT molecular complexity index is 596. The molecule has 0 bridgehead atoms. The Labute approximate surface area is 110 Å². The quantitative estimate of drug-likeness (QED) is 0.869. The summed E-state index contributed by atoms with van der Waals surface area (Å²) in [6.07, 6.45) is 0. The predicted molar refractivity (Wildman–Crippen MR) is 70.0 cm³/mol. The van der Waals surface area contributed by atoms with E-state index in [1.807, 2.05) is 13.8 Å². The van der Waals surface area contributed by atoms with Crippen LogP contribution in [0.2, 0.25) is 0 Å². The van der Waals surface area contributed by atoms with Crippen molar-refractivity contribution >= 4 is 11.9 Å². The molecule has 2 N–H and O–H groups in total. The molecule has 0 saturated heterocycles. The minimum atomic E-state index is -0.929. The fourth-order valence-corrected chi connectivity index (χ4v) is 1.48. The summed E-state index contributed by atoms with van der Waals surface area (Å²) in [6.45, 7) is 4.24. The number of anilines is 1. The lowest BCUT2D eigenvalue weighted by atomic mass is 10.1. The maximum Gasteiger partial charge on any atom is 0.335 e. The summed E-state index contributed by atoms with van der Waals surface area (Å²) in [7, 11) is 0. The van der Waals surface area contributed by atoms with Crippen LogP contribution >= 0.6 is 0 Å². The third-order valence-electron chi connectivity index (χ3n) is 2.74. The van der Waals surface area contributed by atoms with Gasteiger partial charge in [-0.15, -0.1) is 5.10 Å². The number of hydrogen-bond acceptors (Lipinski definition) is 5. The van der Waals surface area contributed by atoms with Crippen LogP contribution in [0.1, 0.15) is 27.3 Å². The molecule has 2 aromatic rings. The van der Waals surface area contributed by atoms with E-state index in [9.17, 15) is 4.79 Å². The summed E-state index contributed by atoms with van der Waals surface area (Å²) >= 11 is 0. The Morgan fingerprint density at radius 3 is 2.42 bits per heavy atom. The van der Waals surface area contributed by atoms with E-state index in [-0.39, 0.29) is 5.56 Å². The number of rotatable bonds is 4. The van der Waals surface area contributed by atoms with Crippen LogP contribution in [0, 0.1) is 13.8 Å². The monoisotopic (exact) mass is 258 g/mol. The molecule has 6 heteroatoms. The number of carboxylic acids is 1. The van der Waals surface area contributed by atoms with Crippen LogP contribution in [0.4, 0.5) is 5.95 Å². The first kappa shape index (κ1) is 12.9. The highest BCUT2D eigenvalue weighted by atomic mass is 16.4. The lowest BCUT2D eigenvalue weighted by Crippen LogP contribution is -2.07. The van der Waals surface area contributed by atoms with E-state index < -0.39 is 5.97 Å². The van der Waals surface area contributed by atoms with Crippen LogP contribution < -0.4 is 5.32 Å². The minimum absolute atomic E-state index is 0.271. The molecule has 0 aliphatic rings. The molecule has 1 aromatic carbocycles. The van der Waals surface area contributed by atoms with Gasteiger partial charge in [-0.3, -0.25) is 0 Å². The molecule has 0 aliphatic heterocycles. The zero-order chi connectivity index (χ0) is 13.8. The Morgan fingerprint density at radius 1 is 1.16 bits per heavy atom. The van der Waals surface area contributed by atoms with E-state index in [1.165, 1.54) is 0 Å². The van der Waals surface area contributed by atoms with Crippen LogP contribution in [0.15, 0.2) is 24.3 Å². The van der Waals surface area contributed by atoms with Crippen LogP contribution in [0.5, 0.6) is 0 Å². The molecule has 0 atom stereocenters. The molecule has 19 heavy (non-hydrogen) atoms. The highest BCUT2D eigenvalue weighted by Gasteiger charge is 2.03. The fourth-order valence-electron chi connectivity index (χ4n) is 1.48. The molecule has 1 heterocycles. The van der Waals surface area contributed by atoms with E-state index in [2.05, 4.69) is 20.5 Å². The Hall–Kier alpha value is -2.50. The van der Waals surface area contributed by atoms with Gasteiger partial charge >= 0.3 is 5.97 Å². The van der Waals surface area contributed by atoms with Gasteiger partial charge in [0.25, 0.3) is 0 Å². The van der Waals surface area contributed by atoms with Gasteiger partial charge in [-0.25, -0.2) is 9.78 Å². The van der Waals surface area contributed by atoms with Gasteiger partial charge in [0, 0.05) is 6.54 Å². The molecule has 98 valence electrons. The van der Waals surface area contributed by atoms with E-state index in [0.29, 0.717) is 12.5 Å². The topological polar surface area (TPSA) is 88.0 Å².